The number of nitrogens with zero attached hydrogens (tertiary/aromatic N) is 2. The fraction of sp³-hybridized carbons (Fsp3) is 0.692. The van der Waals surface area contributed by atoms with Crippen molar-refractivity contribution in [2.75, 3.05) is 33.4 Å². The zero-order chi connectivity index (χ0) is 16.8. The second-order valence-corrected chi connectivity index (χ2v) is 4.71. The van der Waals surface area contributed by atoms with Crippen molar-refractivity contribution >= 4 is 5.97 Å². The van der Waals surface area contributed by atoms with Gasteiger partial charge in [-0.15, -0.1) is 0 Å². The Kier molecular flexibility index (Phi) is 6.82. The topological polar surface area (TPSA) is 67.4 Å². The van der Waals surface area contributed by atoms with Gasteiger partial charge in [-0.05, 0) is 13.8 Å². The Hall–Kier alpha value is -1.61. The molecule has 0 amide bonds. The number of hydrogen-bond acceptors (Lipinski definition) is 5. The van der Waals surface area contributed by atoms with Crippen molar-refractivity contribution in [1.82, 2.24) is 15.1 Å². The normalized spacial score (nSPS) is 12.0. The molecule has 22 heavy (non-hydrogen) atoms. The molecule has 1 heterocycles. The summed E-state index contributed by atoms with van der Waals surface area (Å²) in [6.45, 7) is 2.44. The molecule has 0 atom stereocenters. The van der Waals surface area contributed by atoms with E-state index in [0.717, 1.165) is 4.90 Å². The summed E-state index contributed by atoms with van der Waals surface area (Å²) >= 11 is 0. The molecule has 1 aromatic rings. The van der Waals surface area contributed by atoms with Crippen LogP contribution in [-0.2, 0) is 16.0 Å². The van der Waals surface area contributed by atoms with Crippen molar-refractivity contribution in [3.05, 3.63) is 17.0 Å². The van der Waals surface area contributed by atoms with E-state index in [2.05, 4.69) is 10.2 Å². The van der Waals surface area contributed by atoms with Gasteiger partial charge in [0.1, 0.15) is 5.56 Å². The number of carbonyl (C=O) groups is 1. The first-order valence-electron chi connectivity index (χ1n) is 6.77. The third-order valence-corrected chi connectivity index (χ3v) is 2.89. The van der Waals surface area contributed by atoms with Gasteiger partial charge in [-0.2, -0.15) is 18.3 Å². The molecule has 0 aliphatic rings. The van der Waals surface area contributed by atoms with E-state index in [9.17, 15) is 18.0 Å². The number of ether oxygens (including phenoxy) is 2. The fourth-order valence-electron chi connectivity index (χ4n) is 1.97. The van der Waals surface area contributed by atoms with Gasteiger partial charge in [0.15, 0.2) is 0 Å². The number of aromatic amines is 1. The zero-order valence-corrected chi connectivity index (χ0v) is 12.8. The minimum atomic E-state index is -4.34. The number of aryl methyl sites for hydroxylation is 1. The van der Waals surface area contributed by atoms with Crippen molar-refractivity contribution in [3.8, 4) is 0 Å². The van der Waals surface area contributed by atoms with Crippen molar-refractivity contribution in [1.29, 1.82) is 0 Å². The van der Waals surface area contributed by atoms with E-state index in [-0.39, 0.29) is 37.6 Å². The minimum Gasteiger partial charge on any atom is -0.462 e. The first-order chi connectivity index (χ1) is 10.3. The van der Waals surface area contributed by atoms with Crippen LogP contribution in [0.25, 0.3) is 0 Å². The second kappa shape index (κ2) is 8.14. The average Bonchev–Trinajstić information content (AvgIpc) is 2.75. The van der Waals surface area contributed by atoms with Crippen LogP contribution in [0.1, 0.15) is 28.7 Å². The second-order valence-electron chi connectivity index (χ2n) is 4.71. The number of H-pyrrole nitrogens is 1. The first-order valence-corrected chi connectivity index (χ1v) is 6.77. The molecule has 0 saturated carbocycles. The maximum absolute atomic E-state index is 12.6. The van der Waals surface area contributed by atoms with E-state index in [1.54, 1.807) is 13.8 Å². The molecule has 0 aromatic carbocycles. The summed E-state index contributed by atoms with van der Waals surface area (Å²) in [4.78, 5) is 13.0. The van der Waals surface area contributed by atoms with Crippen LogP contribution >= 0.6 is 0 Å². The predicted octanol–water partition coefficient (Wildman–Crippen LogP) is 1.91. The highest BCUT2D eigenvalue weighted by atomic mass is 19.4. The van der Waals surface area contributed by atoms with Crippen molar-refractivity contribution in [2.45, 2.75) is 26.6 Å². The van der Waals surface area contributed by atoms with Crippen molar-refractivity contribution < 1.29 is 27.4 Å². The molecule has 1 N–H and O–H groups in total. The Balaban J connectivity index is 2.90. The van der Waals surface area contributed by atoms with Crippen LogP contribution in [0.3, 0.4) is 0 Å². The van der Waals surface area contributed by atoms with E-state index >= 15 is 0 Å². The summed E-state index contributed by atoms with van der Waals surface area (Å²) in [5.41, 5.74) is 0.884. The molecule has 0 spiro atoms. The summed E-state index contributed by atoms with van der Waals surface area (Å²) in [5.74, 6) is -0.595. The van der Waals surface area contributed by atoms with Crippen LogP contribution in [0, 0.1) is 6.92 Å². The van der Waals surface area contributed by atoms with Crippen LogP contribution in [0.5, 0.6) is 0 Å². The maximum atomic E-state index is 12.6. The largest absolute Gasteiger partial charge is 0.462 e. The number of rotatable bonds is 8. The number of alkyl halides is 3. The van der Waals surface area contributed by atoms with Crippen LogP contribution in [-0.4, -0.2) is 60.7 Å². The van der Waals surface area contributed by atoms with Crippen molar-refractivity contribution in [2.24, 2.45) is 0 Å². The van der Waals surface area contributed by atoms with Crippen LogP contribution in [0.4, 0.5) is 13.2 Å². The molecule has 0 bridgehead atoms. The summed E-state index contributed by atoms with van der Waals surface area (Å²) in [6.07, 6.45) is -4.34. The highest BCUT2D eigenvalue weighted by molar-refractivity contribution is 5.91. The average molecular weight is 323 g/mol. The molecule has 126 valence electrons. The predicted molar refractivity (Wildman–Crippen MR) is 72.5 cm³/mol. The highest BCUT2D eigenvalue weighted by Gasteiger charge is 2.32. The van der Waals surface area contributed by atoms with Gasteiger partial charge < -0.3 is 9.47 Å². The number of nitrogens with one attached hydrogen (secondary N) is 1. The molecular weight excluding hydrogens is 303 g/mol. The standard InChI is InChI=1S/C13H20F3N3O3/c1-4-22-12(20)11-9(2)17-18-10(11)7-19(5-6-21-3)8-13(14,15)16/h4-8H2,1-3H3,(H,17,18). The Labute approximate surface area is 126 Å². The Morgan fingerprint density at radius 3 is 2.64 bits per heavy atom. The monoisotopic (exact) mass is 323 g/mol. The summed E-state index contributed by atoms with van der Waals surface area (Å²) in [6, 6.07) is 0. The lowest BCUT2D eigenvalue weighted by atomic mass is 10.2. The van der Waals surface area contributed by atoms with Crippen LogP contribution in [0.2, 0.25) is 0 Å². The summed E-state index contributed by atoms with van der Waals surface area (Å²) in [7, 11) is 1.41. The van der Waals surface area contributed by atoms with Crippen LogP contribution in [0.15, 0.2) is 0 Å². The van der Waals surface area contributed by atoms with Gasteiger partial charge in [0.25, 0.3) is 0 Å². The summed E-state index contributed by atoms with van der Waals surface area (Å²) < 4.78 is 47.6. The fourth-order valence-corrected chi connectivity index (χ4v) is 1.97. The lowest BCUT2D eigenvalue weighted by Gasteiger charge is -2.22. The van der Waals surface area contributed by atoms with E-state index in [0.29, 0.717) is 5.69 Å². The third kappa shape index (κ3) is 5.64. The summed E-state index contributed by atoms with van der Waals surface area (Å²) in [5, 5.41) is 6.53. The number of aromatic nitrogens is 2. The van der Waals surface area contributed by atoms with Gasteiger partial charge in [-0.25, -0.2) is 4.79 Å². The van der Waals surface area contributed by atoms with Crippen molar-refractivity contribution in [3.63, 3.8) is 0 Å². The number of carbonyl (C=O) groups excluding carboxylic acids is 1. The third-order valence-electron chi connectivity index (χ3n) is 2.89. The molecule has 0 saturated heterocycles. The molecule has 0 radical (unpaired) electrons. The lowest BCUT2D eigenvalue weighted by molar-refractivity contribution is -0.148. The van der Waals surface area contributed by atoms with E-state index < -0.39 is 18.7 Å². The molecule has 6 nitrogen and oxygen atoms in total. The highest BCUT2D eigenvalue weighted by Crippen LogP contribution is 2.20. The Bertz CT molecular complexity index is 489. The number of hydrogen-bond donors (Lipinski definition) is 1. The zero-order valence-electron chi connectivity index (χ0n) is 12.8. The Morgan fingerprint density at radius 2 is 2.09 bits per heavy atom. The molecule has 0 aliphatic carbocycles. The van der Waals surface area contributed by atoms with E-state index in [1.165, 1.54) is 7.11 Å². The molecule has 1 aromatic heterocycles. The van der Waals surface area contributed by atoms with Gasteiger partial charge >= 0.3 is 12.1 Å². The number of halogens is 3. The van der Waals surface area contributed by atoms with Gasteiger partial charge in [0.05, 0.1) is 25.5 Å². The van der Waals surface area contributed by atoms with Gasteiger partial charge in [0.2, 0.25) is 0 Å². The van der Waals surface area contributed by atoms with Gasteiger partial charge in [0, 0.05) is 25.9 Å². The number of esters is 1. The molecule has 0 fully saturated rings. The first kappa shape index (κ1) is 18.4. The molecule has 1 rings (SSSR count). The molecule has 0 aliphatic heterocycles. The minimum absolute atomic E-state index is 0.0736. The molecular formula is C13H20F3N3O3. The van der Waals surface area contributed by atoms with E-state index in [1.807, 2.05) is 0 Å². The SMILES string of the molecule is CCOC(=O)c1c(CN(CCOC)CC(F)(F)F)n[nH]c1C. The van der Waals surface area contributed by atoms with Crippen LogP contribution < -0.4 is 0 Å². The number of methoxy groups -OCH3 is 1. The molecule has 9 heteroatoms. The maximum Gasteiger partial charge on any atom is 0.401 e. The Morgan fingerprint density at radius 1 is 1.41 bits per heavy atom. The van der Waals surface area contributed by atoms with E-state index in [4.69, 9.17) is 9.47 Å². The lowest BCUT2D eigenvalue weighted by Crippen LogP contribution is -2.36. The smallest absolute Gasteiger partial charge is 0.401 e. The van der Waals surface area contributed by atoms with Gasteiger partial charge in [-0.3, -0.25) is 10.00 Å². The molecule has 0 unspecified atom stereocenters. The quantitative estimate of drug-likeness (QED) is 0.740. The van der Waals surface area contributed by atoms with Gasteiger partial charge in [-0.1, -0.05) is 0 Å².